The Labute approximate surface area is 181 Å². The van der Waals surface area contributed by atoms with Crippen LogP contribution < -0.4 is 0 Å². The van der Waals surface area contributed by atoms with E-state index in [-0.39, 0.29) is 0 Å². The second-order valence-electron chi connectivity index (χ2n) is 7.29. The second kappa shape index (κ2) is 6.35. The third-order valence-corrected chi connectivity index (χ3v) is 6.60. The molecule has 138 valence electrons. The molecule has 0 saturated heterocycles. The fraction of sp³-hybridized carbons (Fsp3) is 0. The molecule has 0 aliphatic heterocycles. The first-order valence-corrected chi connectivity index (χ1v) is 10.7. The van der Waals surface area contributed by atoms with Gasteiger partial charge in [-0.2, -0.15) is 0 Å². The number of hydrogen-bond donors (Lipinski definition) is 0. The van der Waals surface area contributed by atoms with Gasteiger partial charge in [-0.05, 0) is 67.8 Å². The van der Waals surface area contributed by atoms with Crippen molar-refractivity contribution < 1.29 is 0 Å². The lowest BCUT2D eigenvalue weighted by Crippen LogP contribution is -1.95. The molecule has 0 fully saturated rings. The lowest BCUT2D eigenvalue weighted by Gasteiger charge is -2.11. The number of rotatable bonds is 1. The zero-order valence-corrected chi connectivity index (χ0v) is 17.7. The van der Waals surface area contributed by atoms with Gasteiger partial charge < -0.3 is 4.57 Å². The highest BCUT2D eigenvalue weighted by molar-refractivity contribution is 9.10. The van der Waals surface area contributed by atoms with Crippen LogP contribution in [-0.4, -0.2) is 4.57 Å². The molecule has 0 atom stereocenters. The van der Waals surface area contributed by atoms with E-state index in [0.29, 0.717) is 0 Å². The van der Waals surface area contributed by atoms with E-state index in [2.05, 4.69) is 93.3 Å². The molecule has 0 amide bonds. The van der Waals surface area contributed by atoms with E-state index in [1.807, 2.05) is 18.2 Å². The number of aromatic nitrogens is 1. The van der Waals surface area contributed by atoms with Gasteiger partial charge in [0.1, 0.15) is 0 Å². The molecule has 0 N–H and O–H groups in total. The molecule has 0 bridgehead atoms. The number of halogens is 2. The minimum absolute atomic E-state index is 0.722. The van der Waals surface area contributed by atoms with Gasteiger partial charge in [-0.25, -0.2) is 0 Å². The lowest BCUT2D eigenvalue weighted by atomic mass is 10.00. The standard InChI is InChI=1S/C26H15BrClN/c27-21-12-11-18(28)15-24(21)29-22-13-9-16-5-1-3-7-19(16)25(22)26-20-8-4-2-6-17(20)10-14-23(26)29/h1-15H. The maximum Gasteiger partial charge on any atom is 0.0619 e. The summed E-state index contributed by atoms with van der Waals surface area (Å²) in [5.74, 6) is 0. The van der Waals surface area contributed by atoms with Crippen LogP contribution in [0.15, 0.2) is 95.5 Å². The predicted octanol–water partition coefficient (Wildman–Crippen LogP) is 8.51. The SMILES string of the molecule is Clc1ccc(Br)c(-n2c3ccc4ccccc4c3c3c4ccccc4ccc32)c1. The first kappa shape index (κ1) is 17.1. The molecule has 0 radical (unpaired) electrons. The van der Waals surface area contributed by atoms with Gasteiger partial charge in [0.2, 0.25) is 0 Å². The van der Waals surface area contributed by atoms with Crippen LogP contribution in [0.4, 0.5) is 0 Å². The summed E-state index contributed by atoms with van der Waals surface area (Å²) in [6.45, 7) is 0. The van der Waals surface area contributed by atoms with Gasteiger partial charge in [0.15, 0.2) is 0 Å². The van der Waals surface area contributed by atoms with Gasteiger partial charge in [0.05, 0.1) is 16.7 Å². The van der Waals surface area contributed by atoms with E-state index in [9.17, 15) is 0 Å². The predicted molar refractivity (Wildman–Crippen MR) is 129 cm³/mol. The van der Waals surface area contributed by atoms with Crippen molar-refractivity contribution in [2.75, 3.05) is 0 Å². The summed E-state index contributed by atoms with van der Waals surface area (Å²) in [6, 6.07) is 32.0. The molecular weight excluding hydrogens is 442 g/mol. The van der Waals surface area contributed by atoms with Crippen LogP contribution in [0.2, 0.25) is 5.02 Å². The summed E-state index contributed by atoms with van der Waals surface area (Å²) >= 11 is 10.1. The van der Waals surface area contributed by atoms with Crippen molar-refractivity contribution >= 4 is 70.9 Å². The Morgan fingerprint density at radius 3 is 1.76 bits per heavy atom. The van der Waals surface area contributed by atoms with Crippen LogP contribution >= 0.6 is 27.5 Å². The Balaban J connectivity index is 1.95. The molecule has 3 heteroatoms. The Morgan fingerprint density at radius 2 is 1.17 bits per heavy atom. The van der Waals surface area contributed by atoms with Crippen molar-refractivity contribution in [3.05, 3.63) is 100 Å². The van der Waals surface area contributed by atoms with Gasteiger partial charge in [-0.1, -0.05) is 72.3 Å². The van der Waals surface area contributed by atoms with Crippen molar-refractivity contribution in [1.29, 1.82) is 0 Å². The van der Waals surface area contributed by atoms with E-state index < -0.39 is 0 Å². The van der Waals surface area contributed by atoms with Crippen LogP contribution in [0.5, 0.6) is 0 Å². The zero-order chi connectivity index (χ0) is 19.5. The van der Waals surface area contributed by atoms with Crippen molar-refractivity contribution in [3.63, 3.8) is 0 Å². The molecule has 6 rings (SSSR count). The average molecular weight is 457 g/mol. The molecule has 5 aromatic carbocycles. The first-order valence-electron chi connectivity index (χ1n) is 9.51. The summed E-state index contributed by atoms with van der Waals surface area (Å²) in [5.41, 5.74) is 3.40. The van der Waals surface area contributed by atoms with E-state index >= 15 is 0 Å². The smallest absolute Gasteiger partial charge is 0.0619 e. The normalized spacial score (nSPS) is 11.8. The highest BCUT2D eigenvalue weighted by Gasteiger charge is 2.18. The van der Waals surface area contributed by atoms with Gasteiger partial charge in [-0.15, -0.1) is 0 Å². The molecule has 1 nitrogen and oxygen atoms in total. The van der Waals surface area contributed by atoms with Crippen molar-refractivity contribution in [1.82, 2.24) is 4.57 Å². The monoisotopic (exact) mass is 455 g/mol. The van der Waals surface area contributed by atoms with E-state index in [1.165, 1.54) is 43.4 Å². The maximum absolute atomic E-state index is 6.39. The molecule has 0 saturated carbocycles. The van der Waals surface area contributed by atoms with Gasteiger partial charge >= 0.3 is 0 Å². The largest absolute Gasteiger partial charge is 0.308 e. The summed E-state index contributed by atoms with van der Waals surface area (Å²) in [4.78, 5) is 0. The lowest BCUT2D eigenvalue weighted by molar-refractivity contribution is 1.17. The number of hydrogen-bond acceptors (Lipinski definition) is 0. The fourth-order valence-corrected chi connectivity index (χ4v) is 5.06. The first-order chi connectivity index (χ1) is 14.2. The topological polar surface area (TPSA) is 4.93 Å². The minimum atomic E-state index is 0.722. The van der Waals surface area contributed by atoms with Gasteiger partial charge in [0, 0.05) is 20.3 Å². The van der Waals surface area contributed by atoms with Gasteiger partial charge in [0.25, 0.3) is 0 Å². The van der Waals surface area contributed by atoms with E-state index in [4.69, 9.17) is 11.6 Å². The molecule has 1 aromatic heterocycles. The number of benzene rings is 5. The Hall–Kier alpha value is -2.81. The molecule has 0 aliphatic rings. The zero-order valence-electron chi connectivity index (χ0n) is 15.4. The highest BCUT2D eigenvalue weighted by Crippen LogP contribution is 2.41. The second-order valence-corrected chi connectivity index (χ2v) is 8.58. The summed E-state index contributed by atoms with van der Waals surface area (Å²) in [5, 5.41) is 8.31. The average Bonchev–Trinajstić information content (AvgIpc) is 3.10. The molecule has 1 heterocycles. The third kappa shape index (κ3) is 2.46. The molecule has 0 unspecified atom stereocenters. The van der Waals surface area contributed by atoms with E-state index in [0.717, 1.165) is 15.2 Å². The Morgan fingerprint density at radius 1 is 0.621 bits per heavy atom. The summed E-state index contributed by atoms with van der Waals surface area (Å²) in [7, 11) is 0. The molecule has 0 spiro atoms. The van der Waals surface area contributed by atoms with Crippen LogP contribution in [-0.2, 0) is 0 Å². The Bertz CT molecular complexity index is 1490. The molecular formula is C26H15BrClN. The van der Waals surface area contributed by atoms with Crippen molar-refractivity contribution in [2.24, 2.45) is 0 Å². The third-order valence-electron chi connectivity index (χ3n) is 5.69. The van der Waals surface area contributed by atoms with Crippen molar-refractivity contribution in [3.8, 4) is 5.69 Å². The Kier molecular flexibility index (Phi) is 3.74. The molecule has 29 heavy (non-hydrogen) atoms. The van der Waals surface area contributed by atoms with Gasteiger partial charge in [-0.3, -0.25) is 0 Å². The summed E-state index contributed by atoms with van der Waals surface area (Å²) < 4.78 is 3.33. The molecule has 0 aliphatic carbocycles. The highest BCUT2D eigenvalue weighted by atomic mass is 79.9. The van der Waals surface area contributed by atoms with Crippen LogP contribution in [0, 0.1) is 0 Å². The summed E-state index contributed by atoms with van der Waals surface area (Å²) in [6.07, 6.45) is 0. The van der Waals surface area contributed by atoms with Crippen LogP contribution in [0.25, 0.3) is 49.0 Å². The quantitative estimate of drug-likeness (QED) is 0.234. The number of fused-ring (bicyclic) bond motifs is 7. The van der Waals surface area contributed by atoms with Crippen molar-refractivity contribution in [2.45, 2.75) is 0 Å². The van der Waals surface area contributed by atoms with Crippen LogP contribution in [0.3, 0.4) is 0 Å². The minimum Gasteiger partial charge on any atom is -0.308 e. The maximum atomic E-state index is 6.39. The number of nitrogens with zero attached hydrogens (tertiary/aromatic N) is 1. The molecule has 6 aromatic rings. The van der Waals surface area contributed by atoms with Crippen LogP contribution in [0.1, 0.15) is 0 Å². The van der Waals surface area contributed by atoms with E-state index in [1.54, 1.807) is 0 Å². The fourth-order valence-electron chi connectivity index (χ4n) is 4.46.